The van der Waals surface area contributed by atoms with Crippen molar-refractivity contribution in [3.05, 3.63) is 45.6 Å². The average Bonchev–Trinajstić information content (AvgIpc) is 2.86. The molecule has 1 saturated heterocycles. The van der Waals surface area contributed by atoms with Crippen molar-refractivity contribution >= 4 is 11.3 Å². The van der Waals surface area contributed by atoms with Gasteiger partial charge in [-0.3, -0.25) is 4.90 Å². The number of ether oxygens (including phenoxy) is 1. The third kappa shape index (κ3) is 3.93. The molecule has 2 aromatic rings. The average molecular weight is 346 g/mol. The lowest BCUT2D eigenvalue weighted by Gasteiger charge is -2.29. The van der Waals surface area contributed by atoms with Gasteiger partial charge in [-0.1, -0.05) is 25.0 Å². The Labute approximate surface area is 148 Å². The van der Waals surface area contributed by atoms with Crippen LogP contribution < -0.4 is 4.74 Å². The van der Waals surface area contributed by atoms with Gasteiger partial charge in [-0.05, 0) is 51.4 Å². The maximum absolute atomic E-state index is 10.5. The highest BCUT2D eigenvalue weighted by Gasteiger charge is 2.25. The van der Waals surface area contributed by atoms with E-state index >= 15 is 0 Å². The van der Waals surface area contributed by atoms with Gasteiger partial charge in [0.2, 0.25) is 0 Å². The van der Waals surface area contributed by atoms with Crippen molar-refractivity contribution in [2.24, 2.45) is 0 Å². The van der Waals surface area contributed by atoms with Crippen LogP contribution in [0.2, 0.25) is 0 Å². The van der Waals surface area contributed by atoms with E-state index in [-0.39, 0.29) is 0 Å². The van der Waals surface area contributed by atoms with Gasteiger partial charge in [0.25, 0.3) is 0 Å². The first-order valence-electron chi connectivity index (χ1n) is 8.93. The van der Waals surface area contributed by atoms with Crippen LogP contribution in [0.15, 0.2) is 30.3 Å². The van der Waals surface area contributed by atoms with E-state index in [2.05, 4.69) is 24.0 Å². The number of rotatable bonds is 5. The summed E-state index contributed by atoms with van der Waals surface area (Å²) < 4.78 is 5.54. The number of benzene rings is 1. The molecule has 0 amide bonds. The Balaban J connectivity index is 1.84. The van der Waals surface area contributed by atoms with Crippen molar-refractivity contribution in [3.63, 3.8) is 0 Å². The van der Waals surface area contributed by atoms with Gasteiger partial charge in [-0.15, -0.1) is 11.3 Å². The predicted octanol–water partition coefficient (Wildman–Crippen LogP) is 5.28. The Bertz CT molecular complexity index is 667. The molecule has 1 fully saturated rings. The fourth-order valence-corrected chi connectivity index (χ4v) is 4.54. The van der Waals surface area contributed by atoms with Crippen molar-refractivity contribution < 1.29 is 9.84 Å². The molecule has 1 aromatic carbocycles. The number of nitrogens with zero attached hydrogens (tertiary/aromatic N) is 1. The second-order valence-electron chi connectivity index (χ2n) is 6.48. The van der Waals surface area contributed by atoms with Crippen LogP contribution in [0.4, 0.5) is 0 Å². The van der Waals surface area contributed by atoms with Crippen LogP contribution in [0.1, 0.15) is 54.0 Å². The Kier molecular flexibility index (Phi) is 5.80. The lowest BCUT2D eigenvalue weighted by molar-refractivity contribution is 0.192. The molecule has 0 radical (unpaired) electrons. The van der Waals surface area contributed by atoms with Crippen LogP contribution in [0.25, 0.3) is 0 Å². The van der Waals surface area contributed by atoms with Crippen molar-refractivity contribution in [2.75, 3.05) is 13.2 Å². The quantitative estimate of drug-likeness (QED) is 0.800. The van der Waals surface area contributed by atoms with Gasteiger partial charge in [0.1, 0.15) is 0 Å². The highest BCUT2D eigenvalue weighted by molar-refractivity contribution is 7.12. The SMILES string of the molecule is CCOc1cccc(CN2CCCCC[C@@H]2c2ccc(C)s2)c1O. The highest BCUT2D eigenvalue weighted by atomic mass is 32.1. The molecule has 0 saturated carbocycles. The van der Waals surface area contributed by atoms with E-state index < -0.39 is 0 Å². The zero-order valence-corrected chi connectivity index (χ0v) is 15.4. The van der Waals surface area contributed by atoms with Crippen molar-refractivity contribution in [2.45, 2.75) is 52.1 Å². The lowest BCUT2D eigenvalue weighted by Crippen LogP contribution is -2.27. The Morgan fingerprint density at radius 1 is 1.21 bits per heavy atom. The van der Waals surface area contributed by atoms with Gasteiger partial charge in [-0.2, -0.15) is 0 Å². The number of para-hydroxylation sites is 1. The minimum atomic E-state index is 0.296. The monoisotopic (exact) mass is 345 g/mol. The lowest BCUT2D eigenvalue weighted by atomic mass is 10.1. The summed E-state index contributed by atoms with van der Waals surface area (Å²) in [4.78, 5) is 5.36. The Morgan fingerprint density at radius 2 is 2.08 bits per heavy atom. The molecule has 0 aliphatic carbocycles. The molecular weight excluding hydrogens is 318 g/mol. The number of likely N-dealkylation sites (tertiary alicyclic amines) is 1. The molecule has 0 bridgehead atoms. The van der Waals surface area contributed by atoms with Gasteiger partial charge in [0, 0.05) is 27.9 Å². The van der Waals surface area contributed by atoms with Crippen molar-refractivity contribution in [1.82, 2.24) is 4.90 Å². The fourth-order valence-electron chi connectivity index (χ4n) is 3.50. The molecular formula is C20H27NO2S. The van der Waals surface area contributed by atoms with Crippen molar-refractivity contribution in [1.29, 1.82) is 0 Å². The number of hydrogen-bond acceptors (Lipinski definition) is 4. The molecule has 130 valence electrons. The maximum atomic E-state index is 10.5. The van der Waals surface area contributed by atoms with Gasteiger partial charge in [0.15, 0.2) is 11.5 Å². The van der Waals surface area contributed by atoms with E-state index in [1.165, 1.54) is 35.4 Å². The number of aryl methyl sites for hydroxylation is 1. The van der Waals surface area contributed by atoms with E-state index in [0.717, 1.165) is 18.7 Å². The second kappa shape index (κ2) is 8.04. The molecule has 24 heavy (non-hydrogen) atoms. The van der Waals surface area contributed by atoms with Crippen molar-refractivity contribution in [3.8, 4) is 11.5 Å². The largest absolute Gasteiger partial charge is 0.504 e. The summed E-state index contributed by atoms with van der Waals surface area (Å²) in [5.41, 5.74) is 0.959. The molecule has 1 atom stereocenters. The normalized spacial score (nSPS) is 19.2. The molecule has 1 N–H and O–H groups in total. The minimum Gasteiger partial charge on any atom is -0.504 e. The Morgan fingerprint density at radius 3 is 2.83 bits per heavy atom. The molecule has 0 spiro atoms. The molecule has 4 heteroatoms. The Hall–Kier alpha value is -1.52. The van der Waals surface area contributed by atoms with E-state index in [4.69, 9.17) is 4.74 Å². The standard InChI is InChI=1S/C20H27NO2S/c1-3-23-18-10-7-8-16(20(18)22)14-21-13-6-4-5-9-17(21)19-12-11-15(2)24-19/h7-8,10-12,17,22H,3-6,9,13-14H2,1-2H3/t17-/m1/s1. The first-order valence-corrected chi connectivity index (χ1v) is 9.74. The second-order valence-corrected chi connectivity index (χ2v) is 7.80. The number of phenols is 1. The molecule has 3 rings (SSSR count). The van der Waals surface area contributed by atoms with E-state index in [1.807, 2.05) is 36.5 Å². The van der Waals surface area contributed by atoms with Crippen LogP contribution in [-0.4, -0.2) is 23.2 Å². The summed E-state index contributed by atoms with van der Waals surface area (Å²) in [6.07, 6.45) is 5.00. The van der Waals surface area contributed by atoms with Gasteiger partial charge in [-0.25, -0.2) is 0 Å². The summed E-state index contributed by atoms with van der Waals surface area (Å²) in [5.74, 6) is 0.887. The maximum Gasteiger partial charge on any atom is 0.162 e. The van der Waals surface area contributed by atoms with Gasteiger partial charge >= 0.3 is 0 Å². The van der Waals surface area contributed by atoms with Crippen LogP contribution in [0, 0.1) is 6.92 Å². The summed E-state index contributed by atoms with van der Waals surface area (Å²) in [7, 11) is 0. The smallest absolute Gasteiger partial charge is 0.162 e. The van der Waals surface area contributed by atoms with Gasteiger partial charge in [0.05, 0.1) is 6.61 Å². The van der Waals surface area contributed by atoms with Crippen LogP contribution in [0.5, 0.6) is 11.5 Å². The van der Waals surface area contributed by atoms with E-state index in [1.54, 1.807) is 0 Å². The predicted molar refractivity (Wildman–Crippen MR) is 100.0 cm³/mol. The molecule has 0 unspecified atom stereocenters. The third-order valence-corrected chi connectivity index (χ3v) is 5.81. The van der Waals surface area contributed by atoms with E-state index in [0.29, 0.717) is 24.1 Å². The molecule has 1 aliphatic rings. The summed E-state index contributed by atoms with van der Waals surface area (Å²) in [5, 5.41) is 10.5. The highest BCUT2D eigenvalue weighted by Crippen LogP contribution is 2.37. The summed E-state index contributed by atoms with van der Waals surface area (Å²) in [6.45, 7) is 6.54. The number of hydrogen-bond donors (Lipinski definition) is 1. The number of phenolic OH excluding ortho intramolecular Hbond substituents is 1. The zero-order valence-electron chi connectivity index (χ0n) is 14.6. The molecule has 1 aliphatic heterocycles. The third-order valence-electron chi connectivity index (χ3n) is 4.71. The van der Waals surface area contributed by atoms with Gasteiger partial charge < -0.3 is 9.84 Å². The summed E-state index contributed by atoms with van der Waals surface area (Å²) >= 11 is 1.90. The summed E-state index contributed by atoms with van der Waals surface area (Å²) in [6, 6.07) is 10.8. The topological polar surface area (TPSA) is 32.7 Å². The van der Waals surface area contributed by atoms with Crippen LogP contribution in [0.3, 0.4) is 0 Å². The molecule has 1 aromatic heterocycles. The molecule has 2 heterocycles. The zero-order chi connectivity index (χ0) is 16.9. The first kappa shape index (κ1) is 17.3. The fraction of sp³-hybridized carbons (Fsp3) is 0.500. The van der Waals surface area contributed by atoms with Crippen LogP contribution in [-0.2, 0) is 6.54 Å². The molecule has 3 nitrogen and oxygen atoms in total. The van der Waals surface area contributed by atoms with E-state index in [9.17, 15) is 5.11 Å². The number of thiophene rings is 1. The first-order chi connectivity index (χ1) is 11.7. The minimum absolute atomic E-state index is 0.296. The number of aromatic hydroxyl groups is 1. The van der Waals surface area contributed by atoms with Crippen LogP contribution >= 0.6 is 11.3 Å².